The van der Waals surface area contributed by atoms with Crippen molar-refractivity contribution in [2.24, 2.45) is 5.41 Å². The van der Waals surface area contributed by atoms with Crippen molar-refractivity contribution in [1.82, 2.24) is 0 Å². The molecule has 0 saturated heterocycles. The molecule has 0 atom stereocenters. The van der Waals surface area contributed by atoms with E-state index in [0.717, 1.165) is 6.42 Å². The maximum atomic E-state index is 9.00. The van der Waals surface area contributed by atoms with E-state index in [2.05, 4.69) is 32.9 Å². The van der Waals surface area contributed by atoms with E-state index in [-0.39, 0.29) is 6.61 Å². The van der Waals surface area contributed by atoms with Gasteiger partial charge in [-0.1, -0.05) is 26.0 Å². The predicted molar refractivity (Wildman–Crippen MR) is 63.2 cm³/mol. The Hall–Kier alpha value is -0.820. The zero-order valence-corrected chi connectivity index (χ0v) is 9.93. The van der Waals surface area contributed by atoms with Crippen molar-refractivity contribution in [1.29, 1.82) is 0 Å². The lowest BCUT2D eigenvalue weighted by atomic mass is 9.90. The van der Waals surface area contributed by atoms with Crippen LogP contribution in [0.4, 0.5) is 0 Å². The molecule has 1 aliphatic rings. The second-order valence-corrected chi connectivity index (χ2v) is 5.54. The molecule has 1 nitrogen and oxygen atoms in total. The summed E-state index contributed by atoms with van der Waals surface area (Å²) in [5.41, 5.74) is 6.08. The third-order valence-electron chi connectivity index (χ3n) is 3.38. The van der Waals surface area contributed by atoms with Gasteiger partial charge in [0, 0.05) is 6.61 Å². The topological polar surface area (TPSA) is 20.2 Å². The lowest BCUT2D eigenvalue weighted by Crippen LogP contribution is -2.09. The summed E-state index contributed by atoms with van der Waals surface area (Å²) in [5, 5.41) is 9.00. The Labute approximate surface area is 92.1 Å². The van der Waals surface area contributed by atoms with Crippen LogP contribution in [0.25, 0.3) is 0 Å². The summed E-state index contributed by atoms with van der Waals surface area (Å²) in [5.74, 6) is 0. The van der Waals surface area contributed by atoms with Gasteiger partial charge in [-0.15, -0.1) is 0 Å². The number of aliphatic hydroxyl groups excluding tert-OH is 1. The molecule has 0 aliphatic heterocycles. The van der Waals surface area contributed by atoms with E-state index in [9.17, 15) is 0 Å². The molecule has 0 spiro atoms. The van der Waals surface area contributed by atoms with Crippen LogP contribution in [0.2, 0.25) is 0 Å². The Morgan fingerprint density at radius 1 is 1.20 bits per heavy atom. The first-order valence-corrected chi connectivity index (χ1v) is 5.74. The Morgan fingerprint density at radius 2 is 1.80 bits per heavy atom. The molecule has 1 aromatic carbocycles. The minimum Gasteiger partial charge on any atom is -0.396 e. The van der Waals surface area contributed by atoms with Gasteiger partial charge in [0.2, 0.25) is 0 Å². The van der Waals surface area contributed by atoms with Crippen LogP contribution >= 0.6 is 0 Å². The molecule has 0 fully saturated rings. The summed E-state index contributed by atoms with van der Waals surface area (Å²) in [4.78, 5) is 0. The van der Waals surface area contributed by atoms with Gasteiger partial charge in [-0.3, -0.25) is 0 Å². The quantitative estimate of drug-likeness (QED) is 0.785. The number of fused-ring (bicyclic) bond motifs is 1. The highest BCUT2D eigenvalue weighted by Gasteiger charge is 2.28. The van der Waals surface area contributed by atoms with Crippen molar-refractivity contribution in [2.45, 2.75) is 40.0 Å². The summed E-state index contributed by atoms with van der Waals surface area (Å²) < 4.78 is 0. The van der Waals surface area contributed by atoms with E-state index >= 15 is 0 Å². The fourth-order valence-electron chi connectivity index (χ4n) is 2.68. The highest BCUT2D eigenvalue weighted by Crippen LogP contribution is 2.37. The number of benzene rings is 1. The number of rotatable bonds is 2. The van der Waals surface area contributed by atoms with Gasteiger partial charge in [-0.05, 0) is 53.9 Å². The molecule has 0 aromatic heterocycles. The molecule has 0 bridgehead atoms. The normalized spacial score (nSPS) is 17.9. The van der Waals surface area contributed by atoms with Crippen molar-refractivity contribution in [3.63, 3.8) is 0 Å². The number of hydrogen-bond donors (Lipinski definition) is 1. The summed E-state index contributed by atoms with van der Waals surface area (Å²) in [7, 11) is 0. The third kappa shape index (κ3) is 2.07. The maximum Gasteiger partial charge on any atom is 0.0471 e. The molecule has 1 heteroatoms. The molecule has 1 aromatic rings. The minimum absolute atomic E-state index is 0.253. The Kier molecular flexibility index (Phi) is 2.59. The molecule has 0 amide bonds. The fourth-order valence-corrected chi connectivity index (χ4v) is 2.68. The first-order chi connectivity index (χ1) is 7.02. The van der Waals surface area contributed by atoms with Gasteiger partial charge in [-0.25, -0.2) is 0 Å². The van der Waals surface area contributed by atoms with E-state index in [0.29, 0.717) is 5.41 Å². The average Bonchev–Trinajstić information content (AvgIpc) is 2.39. The molecule has 1 N–H and O–H groups in total. The molecule has 2 rings (SSSR count). The third-order valence-corrected chi connectivity index (χ3v) is 3.38. The van der Waals surface area contributed by atoms with Gasteiger partial charge < -0.3 is 5.11 Å². The SMILES string of the molecule is Cc1cc2c(cc1CCO)CC(C)(C)C2. The first kappa shape index (κ1) is 10.7. The van der Waals surface area contributed by atoms with Crippen molar-refractivity contribution in [2.75, 3.05) is 6.61 Å². The van der Waals surface area contributed by atoms with Crippen LogP contribution in [0.5, 0.6) is 0 Å². The molecule has 0 heterocycles. The van der Waals surface area contributed by atoms with E-state index in [4.69, 9.17) is 5.11 Å². The molecule has 0 saturated carbocycles. The number of aryl methyl sites for hydroxylation is 1. The van der Waals surface area contributed by atoms with Crippen LogP contribution in [0.1, 0.15) is 36.1 Å². The molecular formula is C14H20O. The lowest BCUT2D eigenvalue weighted by Gasteiger charge is -2.14. The monoisotopic (exact) mass is 204 g/mol. The van der Waals surface area contributed by atoms with E-state index in [1.807, 2.05) is 0 Å². The molecule has 82 valence electrons. The van der Waals surface area contributed by atoms with Crippen LogP contribution in [-0.4, -0.2) is 11.7 Å². The van der Waals surface area contributed by atoms with Gasteiger partial charge in [0.25, 0.3) is 0 Å². The summed E-state index contributed by atoms with van der Waals surface area (Å²) in [6.07, 6.45) is 3.17. The molecule has 1 aliphatic carbocycles. The van der Waals surface area contributed by atoms with E-state index in [1.165, 1.54) is 35.1 Å². The number of aliphatic hydroxyl groups is 1. The van der Waals surface area contributed by atoms with Crippen LogP contribution in [0, 0.1) is 12.3 Å². The lowest BCUT2D eigenvalue weighted by molar-refractivity contribution is 0.299. The predicted octanol–water partition coefficient (Wildman–Crippen LogP) is 2.65. The molecular weight excluding hydrogens is 184 g/mol. The van der Waals surface area contributed by atoms with E-state index < -0.39 is 0 Å². The molecule has 15 heavy (non-hydrogen) atoms. The Morgan fingerprint density at radius 3 is 2.40 bits per heavy atom. The standard InChI is InChI=1S/C14H20O/c1-10-6-12-8-14(2,3)9-13(12)7-11(10)4-5-15/h6-7,15H,4-5,8-9H2,1-3H3. The van der Waals surface area contributed by atoms with E-state index in [1.54, 1.807) is 0 Å². The van der Waals surface area contributed by atoms with Crippen LogP contribution in [0.3, 0.4) is 0 Å². The molecule has 0 radical (unpaired) electrons. The van der Waals surface area contributed by atoms with Gasteiger partial charge in [0.05, 0.1) is 0 Å². The van der Waals surface area contributed by atoms with Gasteiger partial charge in [-0.2, -0.15) is 0 Å². The summed E-state index contributed by atoms with van der Waals surface area (Å²) in [6, 6.07) is 4.62. The highest BCUT2D eigenvalue weighted by atomic mass is 16.2. The van der Waals surface area contributed by atoms with Crippen molar-refractivity contribution in [3.05, 3.63) is 34.4 Å². The maximum absolute atomic E-state index is 9.00. The molecule has 0 unspecified atom stereocenters. The largest absolute Gasteiger partial charge is 0.396 e. The fraction of sp³-hybridized carbons (Fsp3) is 0.571. The summed E-state index contributed by atoms with van der Waals surface area (Å²) >= 11 is 0. The first-order valence-electron chi connectivity index (χ1n) is 5.74. The van der Waals surface area contributed by atoms with Crippen molar-refractivity contribution < 1.29 is 5.11 Å². The highest BCUT2D eigenvalue weighted by molar-refractivity contribution is 5.42. The van der Waals surface area contributed by atoms with Gasteiger partial charge in [0.1, 0.15) is 0 Å². The van der Waals surface area contributed by atoms with Crippen molar-refractivity contribution in [3.8, 4) is 0 Å². The minimum atomic E-state index is 0.253. The van der Waals surface area contributed by atoms with Crippen LogP contribution < -0.4 is 0 Å². The summed E-state index contributed by atoms with van der Waals surface area (Å²) in [6.45, 7) is 7.06. The van der Waals surface area contributed by atoms with Crippen molar-refractivity contribution >= 4 is 0 Å². The zero-order chi connectivity index (χ0) is 11.1. The average molecular weight is 204 g/mol. The Bertz CT molecular complexity index is 377. The Balaban J connectivity index is 2.36. The smallest absolute Gasteiger partial charge is 0.0471 e. The number of hydrogen-bond acceptors (Lipinski definition) is 1. The van der Waals surface area contributed by atoms with Gasteiger partial charge >= 0.3 is 0 Å². The van der Waals surface area contributed by atoms with Crippen LogP contribution in [0.15, 0.2) is 12.1 Å². The second-order valence-electron chi connectivity index (χ2n) is 5.54. The van der Waals surface area contributed by atoms with Gasteiger partial charge in [0.15, 0.2) is 0 Å². The van der Waals surface area contributed by atoms with Crippen LogP contribution in [-0.2, 0) is 19.3 Å². The second kappa shape index (κ2) is 3.64. The zero-order valence-electron chi connectivity index (χ0n) is 9.93.